The first-order valence-electron chi connectivity index (χ1n) is 10.8. The van der Waals surface area contributed by atoms with Crippen molar-refractivity contribution in [1.29, 1.82) is 5.26 Å². The molecule has 0 aliphatic heterocycles. The van der Waals surface area contributed by atoms with Crippen molar-refractivity contribution in [3.63, 3.8) is 0 Å². The summed E-state index contributed by atoms with van der Waals surface area (Å²) in [6.07, 6.45) is 12.5. The molecule has 5 heteroatoms. The van der Waals surface area contributed by atoms with Crippen molar-refractivity contribution in [2.24, 2.45) is 23.2 Å². The summed E-state index contributed by atoms with van der Waals surface area (Å²) < 4.78 is 1.76. The Hall–Kier alpha value is -2.35. The van der Waals surface area contributed by atoms with E-state index in [1.807, 2.05) is 24.4 Å². The lowest BCUT2D eigenvalue weighted by Gasteiger charge is -2.38. The van der Waals surface area contributed by atoms with E-state index in [0.29, 0.717) is 23.8 Å². The van der Waals surface area contributed by atoms with Gasteiger partial charge >= 0.3 is 0 Å². The molecule has 1 N–H and O–H groups in total. The molecule has 5 nitrogen and oxygen atoms in total. The normalized spacial score (nSPS) is 30.9. The minimum absolute atomic E-state index is 0.00545. The number of aryl methyl sites for hydroxylation is 1. The first kappa shape index (κ1) is 17.7. The molecule has 0 saturated heterocycles. The molecule has 0 radical (unpaired) electrons. The van der Waals surface area contributed by atoms with Crippen LogP contribution in [0.3, 0.4) is 0 Å². The van der Waals surface area contributed by atoms with Crippen LogP contribution >= 0.6 is 0 Å². The number of carbonyl (C=O) groups excluding carboxylic acids is 1. The standard InChI is InChI=1S/C23H28N4O/c24-8-2-6-19-11-21-20(7-3-9-27(21)26-19)22(28)25-15-23-12-16-4-1-5-17(13-23)18(10-16)14-23/h3,7,9,11,16-18H,1-2,4-6,10,12-15H2,(H,25,28). The summed E-state index contributed by atoms with van der Waals surface area (Å²) >= 11 is 0. The Bertz CT molecular complexity index is 938. The number of carbonyl (C=O) groups is 1. The van der Waals surface area contributed by atoms with E-state index in [9.17, 15) is 4.79 Å². The topological polar surface area (TPSA) is 70.2 Å². The highest BCUT2D eigenvalue weighted by molar-refractivity contribution is 6.00. The third kappa shape index (κ3) is 3.09. The Kier molecular flexibility index (Phi) is 4.38. The largest absolute Gasteiger partial charge is 0.351 e. The lowest BCUT2D eigenvalue weighted by Crippen LogP contribution is -2.39. The fourth-order valence-corrected chi connectivity index (χ4v) is 6.47. The lowest BCUT2D eigenvalue weighted by atomic mass is 9.69. The van der Waals surface area contributed by atoms with Gasteiger partial charge in [0.2, 0.25) is 0 Å². The fourth-order valence-electron chi connectivity index (χ4n) is 6.47. The van der Waals surface area contributed by atoms with E-state index in [0.717, 1.165) is 35.5 Å². The van der Waals surface area contributed by atoms with Crippen LogP contribution in [0, 0.1) is 34.5 Å². The lowest BCUT2D eigenvalue weighted by molar-refractivity contribution is 0.0892. The zero-order valence-electron chi connectivity index (χ0n) is 16.4. The molecule has 146 valence electrons. The molecule has 5 rings (SSSR count). The van der Waals surface area contributed by atoms with Gasteiger partial charge in [0, 0.05) is 25.6 Å². The summed E-state index contributed by atoms with van der Waals surface area (Å²) in [6, 6.07) is 7.86. The van der Waals surface area contributed by atoms with Gasteiger partial charge in [0.1, 0.15) is 0 Å². The van der Waals surface area contributed by atoms with Crippen molar-refractivity contribution < 1.29 is 4.79 Å². The summed E-state index contributed by atoms with van der Waals surface area (Å²) in [6.45, 7) is 0.811. The van der Waals surface area contributed by atoms with Gasteiger partial charge in [-0.3, -0.25) is 4.79 Å². The highest BCUT2D eigenvalue weighted by Crippen LogP contribution is 2.59. The molecule has 3 bridgehead atoms. The quantitative estimate of drug-likeness (QED) is 0.853. The average Bonchev–Trinajstić information content (AvgIpc) is 3.17. The van der Waals surface area contributed by atoms with E-state index < -0.39 is 0 Å². The molecule has 4 atom stereocenters. The average molecular weight is 377 g/mol. The molecule has 2 aromatic heterocycles. The Morgan fingerprint density at radius 2 is 2.21 bits per heavy atom. The number of pyridine rings is 1. The molecule has 2 aromatic rings. The summed E-state index contributed by atoms with van der Waals surface area (Å²) in [5, 5.41) is 16.6. The van der Waals surface area contributed by atoms with Crippen molar-refractivity contribution in [1.82, 2.24) is 14.9 Å². The van der Waals surface area contributed by atoms with Crippen molar-refractivity contribution >= 4 is 11.4 Å². The van der Waals surface area contributed by atoms with E-state index in [4.69, 9.17) is 5.26 Å². The number of aromatic nitrogens is 2. The van der Waals surface area contributed by atoms with Crippen molar-refractivity contribution in [3.8, 4) is 6.07 Å². The number of rotatable bonds is 5. The maximum atomic E-state index is 13.0. The number of nitrogens with one attached hydrogen (secondary N) is 1. The van der Waals surface area contributed by atoms with E-state index in [1.54, 1.807) is 4.52 Å². The number of hydrogen-bond acceptors (Lipinski definition) is 3. The van der Waals surface area contributed by atoms with Crippen LogP contribution in [-0.2, 0) is 6.42 Å². The molecular weight excluding hydrogens is 348 g/mol. The molecule has 3 saturated carbocycles. The number of hydrogen-bond donors (Lipinski definition) is 1. The summed E-state index contributed by atoms with van der Waals surface area (Å²) in [5.41, 5.74) is 2.70. The van der Waals surface area contributed by atoms with Crippen LogP contribution in [0.5, 0.6) is 0 Å². The predicted molar refractivity (Wildman–Crippen MR) is 107 cm³/mol. The summed E-state index contributed by atoms with van der Waals surface area (Å²) in [5.74, 6) is 2.68. The first-order valence-corrected chi connectivity index (χ1v) is 10.8. The number of nitrogens with zero attached hydrogens (tertiary/aromatic N) is 3. The number of amides is 1. The summed E-state index contributed by atoms with van der Waals surface area (Å²) in [7, 11) is 0. The fraction of sp³-hybridized carbons (Fsp3) is 0.609. The van der Waals surface area contributed by atoms with Gasteiger partial charge in [-0.15, -0.1) is 0 Å². The monoisotopic (exact) mass is 376 g/mol. The second-order valence-corrected chi connectivity index (χ2v) is 9.39. The Morgan fingerprint density at radius 3 is 3.11 bits per heavy atom. The van der Waals surface area contributed by atoms with Gasteiger partial charge in [0.05, 0.1) is 22.8 Å². The zero-order valence-corrected chi connectivity index (χ0v) is 16.4. The molecule has 2 heterocycles. The molecule has 28 heavy (non-hydrogen) atoms. The van der Waals surface area contributed by atoms with Crippen LogP contribution < -0.4 is 5.32 Å². The first-order chi connectivity index (χ1) is 13.7. The van der Waals surface area contributed by atoms with Crippen LogP contribution in [0.2, 0.25) is 0 Å². The van der Waals surface area contributed by atoms with Crippen molar-refractivity contribution in [2.45, 2.75) is 57.8 Å². The van der Waals surface area contributed by atoms with E-state index in [-0.39, 0.29) is 5.91 Å². The predicted octanol–water partition coefficient (Wildman–Crippen LogP) is 4.13. The van der Waals surface area contributed by atoms with Crippen molar-refractivity contribution in [2.75, 3.05) is 6.54 Å². The third-order valence-corrected chi connectivity index (χ3v) is 7.52. The Morgan fingerprint density at radius 1 is 1.32 bits per heavy atom. The molecule has 0 aromatic carbocycles. The molecule has 1 amide bonds. The van der Waals surface area contributed by atoms with Gasteiger partial charge in [-0.25, -0.2) is 4.52 Å². The van der Waals surface area contributed by atoms with Gasteiger partial charge < -0.3 is 5.32 Å². The van der Waals surface area contributed by atoms with Gasteiger partial charge in [-0.1, -0.05) is 19.3 Å². The summed E-state index contributed by atoms with van der Waals surface area (Å²) in [4.78, 5) is 13.0. The molecule has 3 aliphatic rings. The van der Waals surface area contributed by atoms with E-state index in [2.05, 4.69) is 16.5 Å². The minimum Gasteiger partial charge on any atom is -0.351 e. The zero-order chi connectivity index (χ0) is 19.1. The van der Waals surface area contributed by atoms with Gasteiger partial charge in [-0.05, 0) is 67.1 Å². The van der Waals surface area contributed by atoms with E-state index >= 15 is 0 Å². The Balaban J connectivity index is 1.32. The maximum Gasteiger partial charge on any atom is 0.253 e. The van der Waals surface area contributed by atoms with Crippen LogP contribution in [0.25, 0.3) is 5.52 Å². The molecule has 0 spiro atoms. The smallest absolute Gasteiger partial charge is 0.253 e. The molecule has 4 unspecified atom stereocenters. The Labute approximate surface area is 166 Å². The van der Waals surface area contributed by atoms with Crippen LogP contribution in [0.1, 0.15) is 67.4 Å². The maximum absolute atomic E-state index is 13.0. The number of nitriles is 1. The van der Waals surface area contributed by atoms with Gasteiger partial charge in [-0.2, -0.15) is 10.4 Å². The van der Waals surface area contributed by atoms with Crippen LogP contribution in [0.4, 0.5) is 0 Å². The van der Waals surface area contributed by atoms with Crippen LogP contribution in [-0.4, -0.2) is 22.1 Å². The molecular formula is C23H28N4O. The number of fused-ring (bicyclic) bond motifs is 3. The van der Waals surface area contributed by atoms with Gasteiger partial charge in [0.25, 0.3) is 5.91 Å². The van der Waals surface area contributed by atoms with E-state index in [1.165, 1.54) is 44.9 Å². The minimum atomic E-state index is 0.00545. The highest BCUT2D eigenvalue weighted by Gasteiger charge is 2.51. The van der Waals surface area contributed by atoms with Crippen molar-refractivity contribution in [3.05, 3.63) is 35.7 Å². The highest BCUT2D eigenvalue weighted by atomic mass is 16.1. The van der Waals surface area contributed by atoms with Gasteiger partial charge in [0.15, 0.2) is 0 Å². The third-order valence-electron chi connectivity index (χ3n) is 7.52. The second kappa shape index (κ2) is 6.92. The molecule has 3 aliphatic carbocycles. The SMILES string of the molecule is N#CCCc1cc2c(C(=O)NCC34CC5CCCC(C3)C(C5)C4)cccn2n1. The second-order valence-electron chi connectivity index (χ2n) is 9.39. The van der Waals surface area contributed by atoms with Crippen LogP contribution in [0.15, 0.2) is 24.4 Å². The molecule has 3 fully saturated rings.